The van der Waals surface area contributed by atoms with Crippen LogP contribution in [-0.2, 0) is 11.3 Å². The van der Waals surface area contributed by atoms with Crippen LogP contribution in [0.5, 0.6) is 5.75 Å². The van der Waals surface area contributed by atoms with Gasteiger partial charge in [0.15, 0.2) is 5.84 Å². The molecule has 0 aliphatic carbocycles. The molecule has 0 amide bonds. The first-order valence-electron chi connectivity index (χ1n) is 13.9. The van der Waals surface area contributed by atoms with Gasteiger partial charge in [0.2, 0.25) is 0 Å². The molecule has 10 heteroatoms. The molecule has 5 rings (SSSR count). The van der Waals surface area contributed by atoms with Crippen LogP contribution in [0.15, 0.2) is 39.4 Å². The third-order valence-electron chi connectivity index (χ3n) is 7.62. The molecule has 2 fully saturated rings. The van der Waals surface area contributed by atoms with Crippen molar-refractivity contribution in [2.75, 3.05) is 40.0 Å². The van der Waals surface area contributed by atoms with Gasteiger partial charge in [0.25, 0.3) is 0 Å². The second-order valence-electron chi connectivity index (χ2n) is 10.9. The number of aromatic nitrogens is 2. The number of ether oxygens (including phenoxy) is 2. The fourth-order valence-corrected chi connectivity index (χ4v) is 5.70. The fraction of sp³-hybridized carbons (Fsp3) is 0.552. The van der Waals surface area contributed by atoms with Gasteiger partial charge in [-0.3, -0.25) is 14.9 Å². The molecule has 2 saturated heterocycles. The van der Waals surface area contributed by atoms with Gasteiger partial charge in [-0.25, -0.2) is 9.98 Å². The number of nitrogens with zero attached hydrogens (tertiary/aromatic N) is 6. The molecule has 2 unspecified atom stereocenters. The first-order chi connectivity index (χ1) is 18.9. The highest BCUT2D eigenvalue weighted by atomic mass is 16.5. The molecule has 3 aliphatic heterocycles. The van der Waals surface area contributed by atoms with E-state index in [-0.39, 0.29) is 12.0 Å². The lowest BCUT2D eigenvalue weighted by atomic mass is 9.82. The van der Waals surface area contributed by atoms with Gasteiger partial charge >= 0.3 is 0 Å². The molecular formula is C29H40N8O2. The van der Waals surface area contributed by atoms with Crippen molar-refractivity contribution in [3.05, 3.63) is 35.7 Å². The molecular weight excluding hydrogens is 492 g/mol. The molecule has 39 heavy (non-hydrogen) atoms. The van der Waals surface area contributed by atoms with Gasteiger partial charge in [0.1, 0.15) is 23.9 Å². The topological polar surface area (TPSA) is 126 Å². The Morgan fingerprint density at radius 3 is 2.74 bits per heavy atom. The second kappa shape index (κ2) is 11.8. The van der Waals surface area contributed by atoms with Crippen LogP contribution in [0, 0.1) is 11.3 Å². The van der Waals surface area contributed by atoms with Crippen LogP contribution in [0.25, 0.3) is 11.4 Å². The van der Waals surface area contributed by atoms with Crippen molar-refractivity contribution in [2.24, 2.45) is 26.6 Å². The van der Waals surface area contributed by atoms with E-state index in [1.165, 1.54) is 6.21 Å². The van der Waals surface area contributed by atoms with Crippen LogP contribution in [0.4, 0.5) is 0 Å². The van der Waals surface area contributed by atoms with Gasteiger partial charge < -0.3 is 25.2 Å². The molecule has 2 atom stereocenters. The summed E-state index contributed by atoms with van der Waals surface area (Å²) in [5, 5.41) is 8.36. The number of aliphatic imine (C=N–C) groups is 3. The van der Waals surface area contributed by atoms with E-state index in [0.29, 0.717) is 42.5 Å². The first kappa shape index (κ1) is 27.2. The maximum absolute atomic E-state index is 8.36. The summed E-state index contributed by atoms with van der Waals surface area (Å²) in [4.78, 5) is 21.3. The average Bonchev–Trinajstić information content (AvgIpc) is 3.22. The van der Waals surface area contributed by atoms with Gasteiger partial charge in [0.05, 0.1) is 43.1 Å². The third-order valence-corrected chi connectivity index (χ3v) is 7.62. The number of nitrogens with two attached hydrogens (primary N) is 1. The van der Waals surface area contributed by atoms with Crippen LogP contribution < -0.4 is 10.5 Å². The molecule has 0 radical (unpaired) electrons. The average molecular weight is 533 g/mol. The number of hydrogen-bond acceptors (Lipinski definition) is 7. The summed E-state index contributed by atoms with van der Waals surface area (Å²) >= 11 is 0. The summed E-state index contributed by atoms with van der Waals surface area (Å²) < 4.78 is 13.7. The minimum absolute atomic E-state index is 0.0635. The van der Waals surface area contributed by atoms with Crippen LogP contribution in [0.1, 0.15) is 50.8 Å². The Morgan fingerprint density at radius 1 is 1.26 bits per heavy atom. The predicted octanol–water partition coefficient (Wildman–Crippen LogP) is 3.39. The number of imidazole rings is 1. The smallest absolute Gasteiger partial charge is 0.177 e. The summed E-state index contributed by atoms with van der Waals surface area (Å²) in [7, 11) is 1.86. The molecule has 0 spiro atoms. The van der Waals surface area contributed by atoms with Crippen molar-refractivity contribution >= 4 is 23.6 Å². The highest BCUT2D eigenvalue weighted by molar-refractivity contribution is 6.05. The number of piperidine rings is 1. The third kappa shape index (κ3) is 5.81. The first-order valence-corrected chi connectivity index (χ1v) is 13.9. The van der Waals surface area contributed by atoms with E-state index in [0.717, 1.165) is 67.6 Å². The van der Waals surface area contributed by atoms with E-state index in [4.69, 9.17) is 30.6 Å². The maximum Gasteiger partial charge on any atom is 0.177 e. The molecule has 10 nitrogen and oxygen atoms in total. The van der Waals surface area contributed by atoms with E-state index >= 15 is 0 Å². The Morgan fingerprint density at radius 2 is 2.08 bits per heavy atom. The lowest BCUT2D eigenvalue weighted by molar-refractivity contribution is -0.0729. The van der Waals surface area contributed by atoms with Gasteiger partial charge in [-0.15, -0.1) is 0 Å². The Labute approximate surface area is 230 Å². The SMILES string of the molecule is CN=C(C1CCCN(C2COC2)C1)C(C=N)c1ccc2c(c1)OCCn1cc(C(N=C(C)N)=NC(C)C)nc1-2. The quantitative estimate of drug-likeness (QED) is 0.418. The van der Waals surface area contributed by atoms with Crippen molar-refractivity contribution in [3.63, 3.8) is 0 Å². The molecule has 3 N–H and O–H groups in total. The van der Waals surface area contributed by atoms with Gasteiger partial charge in [-0.2, -0.15) is 0 Å². The van der Waals surface area contributed by atoms with E-state index in [2.05, 4.69) is 37.7 Å². The summed E-state index contributed by atoms with van der Waals surface area (Å²) in [5.41, 5.74) is 9.57. The van der Waals surface area contributed by atoms with E-state index in [1.54, 1.807) is 6.92 Å². The molecule has 208 valence electrons. The number of hydrogen-bond donors (Lipinski definition) is 2. The fourth-order valence-electron chi connectivity index (χ4n) is 5.70. The van der Waals surface area contributed by atoms with E-state index < -0.39 is 0 Å². The van der Waals surface area contributed by atoms with Crippen molar-refractivity contribution in [1.29, 1.82) is 5.41 Å². The number of nitrogens with one attached hydrogen (secondary N) is 1. The van der Waals surface area contributed by atoms with Crippen LogP contribution in [-0.4, -0.2) is 90.1 Å². The molecule has 0 saturated carbocycles. The highest BCUT2D eigenvalue weighted by Crippen LogP contribution is 2.36. The summed E-state index contributed by atoms with van der Waals surface area (Å²) in [6, 6.07) is 6.78. The number of rotatable bonds is 7. The highest BCUT2D eigenvalue weighted by Gasteiger charge is 2.34. The Balaban J connectivity index is 1.44. The Bertz CT molecular complexity index is 1290. The summed E-state index contributed by atoms with van der Waals surface area (Å²) in [6.07, 6.45) is 5.72. The van der Waals surface area contributed by atoms with Gasteiger partial charge in [-0.1, -0.05) is 6.07 Å². The zero-order valence-electron chi connectivity index (χ0n) is 23.4. The molecule has 1 aromatic heterocycles. The lowest BCUT2D eigenvalue weighted by Crippen LogP contribution is -2.53. The number of amidine groups is 2. The minimum Gasteiger partial charge on any atom is -0.491 e. The standard InChI is InChI=1S/C29H40N8O2/c1-18(2)33-28(34-19(3)31)25-15-37-10-11-39-26-12-20(7-8-23(26)29(37)35-25)24(13-30)27(32-4)21-6-5-9-36(14-21)22-16-38-17-22/h7-8,12-13,15,18,21-22,24,30H,5-6,9-11,14,16-17H2,1-4H3,(H2,31,33,34). The normalized spacial score (nSPS) is 22.0. The monoisotopic (exact) mass is 532 g/mol. The summed E-state index contributed by atoms with van der Waals surface area (Å²) in [5.74, 6) is 2.68. The van der Waals surface area contributed by atoms with Gasteiger partial charge in [-0.05, 0) is 57.9 Å². The van der Waals surface area contributed by atoms with Crippen LogP contribution >= 0.6 is 0 Å². The lowest BCUT2D eigenvalue weighted by Gasteiger charge is -2.42. The molecule has 1 aromatic carbocycles. The van der Waals surface area contributed by atoms with Crippen LogP contribution in [0.3, 0.4) is 0 Å². The van der Waals surface area contributed by atoms with Crippen molar-refractivity contribution in [2.45, 2.75) is 58.2 Å². The molecule has 4 heterocycles. The number of fused-ring (bicyclic) bond motifs is 3. The van der Waals surface area contributed by atoms with Crippen molar-refractivity contribution < 1.29 is 9.47 Å². The minimum atomic E-state index is -0.198. The number of likely N-dealkylation sites (tertiary alicyclic amines) is 1. The molecule has 3 aliphatic rings. The second-order valence-corrected chi connectivity index (χ2v) is 10.9. The largest absolute Gasteiger partial charge is 0.491 e. The molecule has 0 bridgehead atoms. The zero-order valence-corrected chi connectivity index (χ0v) is 23.4. The maximum atomic E-state index is 8.36. The zero-order chi connectivity index (χ0) is 27.5. The van der Waals surface area contributed by atoms with Crippen LogP contribution in [0.2, 0.25) is 0 Å². The van der Waals surface area contributed by atoms with Gasteiger partial charge in [0, 0.05) is 43.7 Å². The van der Waals surface area contributed by atoms with E-state index in [9.17, 15) is 0 Å². The summed E-state index contributed by atoms with van der Waals surface area (Å²) in [6.45, 7) is 10.7. The van der Waals surface area contributed by atoms with Crippen molar-refractivity contribution in [3.8, 4) is 17.1 Å². The predicted molar refractivity (Wildman–Crippen MR) is 156 cm³/mol. The van der Waals surface area contributed by atoms with Crippen molar-refractivity contribution in [1.82, 2.24) is 14.5 Å². The Kier molecular flexibility index (Phi) is 8.23. The molecule has 2 aromatic rings. The Hall–Kier alpha value is -3.37. The number of benzene rings is 1. The van der Waals surface area contributed by atoms with E-state index in [1.807, 2.05) is 27.1 Å².